The van der Waals surface area contributed by atoms with Gasteiger partial charge in [-0.3, -0.25) is 14.4 Å². The van der Waals surface area contributed by atoms with E-state index in [-0.39, 0.29) is 31.8 Å². The fourth-order valence-electron chi connectivity index (χ4n) is 1.51. The number of ether oxygens (including phenoxy) is 1. The first-order chi connectivity index (χ1) is 9.11. The zero-order valence-corrected chi connectivity index (χ0v) is 10.8. The van der Waals surface area contributed by atoms with E-state index in [9.17, 15) is 14.4 Å². The molecule has 0 unspecified atom stereocenters. The van der Waals surface area contributed by atoms with Gasteiger partial charge in [-0.15, -0.1) is 0 Å². The second-order valence-corrected chi connectivity index (χ2v) is 3.96. The minimum atomic E-state index is -0.508. The van der Waals surface area contributed by atoms with Gasteiger partial charge in [0.05, 0.1) is 13.0 Å². The van der Waals surface area contributed by atoms with E-state index in [4.69, 9.17) is 0 Å². The maximum Gasteiger partial charge on any atom is 0.325 e. The quantitative estimate of drug-likeness (QED) is 0.585. The number of rotatable bonds is 7. The highest BCUT2D eigenvalue weighted by molar-refractivity contribution is 5.99. The molecule has 0 aliphatic carbocycles. The molecule has 0 aromatic heterocycles. The lowest BCUT2D eigenvalue weighted by Crippen LogP contribution is -2.32. The Balaban J connectivity index is 2.28. The lowest BCUT2D eigenvalue weighted by Gasteiger charge is -2.04. The Morgan fingerprint density at radius 1 is 1.16 bits per heavy atom. The molecule has 1 rings (SSSR count). The Hall–Kier alpha value is -2.17. The van der Waals surface area contributed by atoms with Gasteiger partial charge in [0.25, 0.3) is 0 Å². The predicted molar refractivity (Wildman–Crippen MR) is 69.4 cm³/mol. The molecule has 5 heteroatoms. The van der Waals surface area contributed by atoms with Crippen molar-refractivity contribution in [1.82, 2.24) is 5.32 Å². The van der Waals surface area contributed by atoms with Crippen molar-refractivity contribution < 1.29 is 19.1 Å². The standard InChI is InChI=1S/C14H17NO4/c1-2-19-14(18)10-15-13(17)9-12(16)8-11-6-4-3-5-7-11/h3-7H,2,8-10H2,1H3,(H,15,17). The zero-order valence-electron chi connectivity index (χ0n) is 10.8. The van der Waals surface area contributed by atoms with Gasteiger partial charge < -0.3 is 10.1 Å². The van der Waals surface area contributed by atoms with Crippen LogP contribution in [0.2, 0.25) is 0 Å². The van der Waals surface area contributed by atoms with Gasteiger partial charge in [-0.05, 0) is 12.5 Å². The highest BCUT2D eigenvalue weighted by Crippen LogP contribution is 2.01. The summed E-state index contributed by atoms with van der Waals surface area (Å²) in [5.41, 5.74) is 0.866. The summed E-state index contributed by atoms with van der Waals surface area (Å²) in [6, 6.07) is 9.19. The van der Waals surface area contributed by atoms with Gasteiger partial charge in [-0.2, -0.15) is 0 Å². The van der Waals surface area contributed by atoms with Crippen LogP contribution in [0.25, 0.3) is 0 Å². The first-order valence-corrected chi connectivity index (χ1v) is 6.09. The largest absolute Gasteiger partial charge is 0.465 e. The number of nitrogens with one attached hydrogen (secondary N) is 1. The van der Waals surface area contributed by atoms with Crippen LogP contribution in [0.15, 0.2) is 30.3 Å². The van der Waals surface area contributed by atoms with Gasteiger partial charge in [0, 0.05) is 6.42 Å². The molecule has 0 fully saturated rings. The van der Waals surface area contributed by atoms with Gasteiger partial charge in [-0.1, -0.05) is 30.3 Å². The molecular formula is C14H17NO4. The molecule has 0 saturated carbocycles. The van der Waals surface area contributed by atoms with Crippen LogP contribution in [0, 0.1) is 0 Å². The van der Waals surface area contributed by atoms with Gasteiger partial charge >= 0.3 is 5.97 Å². The molecule has 0 spiro atoms. The third-order valence-corrected chi connectivity index (χ3v) is 2.34. The molecule has 0 aliphatic rings. The average Bonchev–Trinajstić information content (AvgIpc) is 2.38. The van der Waals surface area contributed by atoms with E-state index in [1.807, 2.05) is 30.3 Å². The molecule has 1 aromatic rings. The van der Waals surface area contributed by atoms with E-state index in [1.165, 1.54) is 0 Å². The van der Waals surface area contributed by atoms with E-state index in [1.54, 1.807) is 6.92 Å². The van der Waals surface area contributed by atoms with Crippen molar-refractivity contribution >= 4 is 17.7 Å². The van der Waals surface area contributed by atoms with Crippen molar-refractivity contribution in [1.29, 1.82) is 0 Å². The Kier molecular flexibility index (Phi) is 6.29. The molecule has 0 radical (unpaired) electrons. The summed E-state index contributed by atoms with van der Waals surface area (Å²) in [4.78, 5) is 34.0. The number of esters is 1. The molecule has 5 nitrogen and oxygen atoms in total. The van der Waals surface area contributed by atoms with Gasteiger partial charge in [-0.25, -0.2) is 0 Å². The molecule has 0 heterocycles. The maximum absolute atomic E-state index is 11.6. The van der Waals surface area contributed by atoms with Crippen molar-refractivity contribution in [2.45, 2.75) is 19.8 Å². The molecule has 0 saturated heterocycles. The van der Waals surface area contributed by atoms with Crippen molar-refractivity contribution in [2.75, 3.05) is 13.2 Å². The van der Waals surface area contributed by atoms with E-state index in [2.05, 4.69) is 10.1 Å². The van der Waals surface area contributed by atoms with E-state index >= 15 is 0 Å². The number of carbonyl (C=O) groups excluding carboxylic acids is 3. The molecule has 102 valence electrons. The Morgan fingerprint density at radius 3 is 2.47 bits per heavy atom. The summed E-state index contributed by atoms with van der Waals surface area (Å²) in [6.07, 6.45) is -0.0119. The Bertz CT molecular complexity index is 442. The average molecular weight is 263 g/mol. The third kappa shape index (κ3) is 6.35. The van der Waals surface area contributed by atoms with Gasteiger partial charge in [0.2, 0.25) is 5.91 Å². The highest BCUT2D eigenvalue weighted by Gasteiger charge is 2.11. The topological polar surface area (TPSA) is 72.5 Å². The number of hydrogen-bond donors (Lipinski definition) is 1. The number of amides is 1. The van der Waals surface area contributed by atoms with Crippen LogP contribution < -0.4 is 5.32 Å². The second kappa shape index (κ2) is 8.02. The molecule has 1 amide bonds. The van der Waals surface area contributed by atoms with Crippen LogP contribution in [-0.2, 0) is 25.5 Å². The minimum absolute atomic E-state index is 0.187. The Morgan fingerprint density at radius 2 is 1.84 bits per heavy atom. The summed E-state index contributed by atoms with van der Waals surface area (Å²) in [5, 5.41) is 2.35. The number of hydrogen-bond acceptors (Lipinski definition) is 4. The number of benzene rings is 1. The molecule has 1 N–H and O–H groups in total. The van der Waals surface area contributed by atoms with E-state index in [0.717, 1.165) is 5.56 Å². The number of Topliss-reactive ketones (excluding diaryl/α,β-unsaturated/α-hetero) is 1. The lowest BCUT2D eigenvalue weighted by atomic mass is 10.1. The fourth-order valence-corrected chi connectivity index (χ4v) is 1.51. The maximum atomic E-state index is 11.6. The first kappa shape index (κ1) is 14.9. The summed E-state index contributed by atoms with van der Waals surface area (Å²) >= 11 is 0. The van der Waals surface area contributed by atoms with Crippen LogP contribution in [-0.4, -0.2) is 30.8 Å². The predicted octanol–water partition coefficient (Wildman–Crippen LogP) is 0.868. The van der Waals surface area contributed by atoms with E-state index < -0.39 is 11.9 Å². The summed E-state index contributed by atoms with van der Waals surface area (Å²) < 4.78 is 4.65. The SMILES string of the molecule is CCOC(=O)CNC(=O)CC(=O)Cc1ccccc1. The monoisotopic (exact) mass is 263 g/mol. The van der Waals surface area contributed by atoms with Crippen molar-refractivity contribution in [2.24, 2.45) is 0 Å². The fraction of sp³-hybridized carbons (Fsp3) is 0.357. The summed E-state index contributed by atoms with van der Waals surface area (Å²) in [5.74, 6) is -1.16. The molecular weight excluding hydrogens is 246 g/mol. The summed E-state index contributed by atoms with van der Waals surface area (Å²) in [7, 11) is 0. The normalized spacial score (nSPS) is 9.74. The zero-order chi connectivity index (χ0) is 14.1. The van der Waals surface area contributed by atoms with E-state index in [0.29, 0.717) is 0 Å². The van der Waals surface area contributed by atoms with Crippen LogP contribution in [0.5, 0.6) is 0 Å². The van der Waals surface area contributed by atoms with Crippen LogP contribution >= 0.6 is 0 Å². The van der Waals surface area contributed by atoms with Crippen molar-refractivity contribution in [3.63, 3.8) is 0 Å². The molecule has 0 bridgehead atoms. The number of ketones is 1. The number of carbonyl (C=O) groups is 3. The van der Waals surface area contributed by atoms with Crippen LogP contribution in [0.4, 0.5) is 0 Å². The van der Waals surface area contributed by atoms with Crippen molar-refractivity contribution in [3.8, 4) is 0 Å². The molecule has 19 heavy (non-hydrogen) atoms. The summed E-state index contributed by atoms with van der Waals surface area (Å²) in [6.45, 7) is 1.75. The Labute approximate surface area is 111 Å². The highest BCUT2D eigenvalue weighted by atomic mass is 16.5. The van der Waals surface area contributed by atoms with Gasteiger partial charge in [0.1, 0.15) is 12.3 Å². The molecule has 1 aromatic carbocycles. The van der Waals surface area contributed by atoms with Crippen molar-refractivity contribution in [3.05, 3.63) is 35.9 Å². The molecule has 0 atom stereocenters. The van der Waals surface area contributed by atoms with Crippen LogP contribution in [0.3, 0.4) is 0 Å². The minimum Gasteiger partial charge on any atom is -0.465 e. The smallest absolute Gasteiger partial charge is 0.325 e. The second-order valence-electron chi connectivity index (χ2n) is 3.96. The molecule has 0 aliphatic heterocycles. The van der Waals surface area contributed by atoms with Crippen LogP contribution in [0.1, 0.15) is 18.9 Å². The van der Waals surface area contributed by atoms with Gasteiger partial charge in [0.15, 0.2) is 0 Å². The lowest BCUT2D eigenvalue weighted by molar-refractivity contribution is -0.143. The third-order valence-electron chi connectivity index (χ3n) is 2.34. The first-order valence-electron chi connectivity index (χ1n) is 6.09.